The Hall–Kier alpha value is -2.30. The Morgan fingerprint density at radius 1 is 1.05 bits per heavy atom. The molecule has 0 spiro atoms. The van der Waals surface area contributed by atoms with E-state index in [9.17, 15) is 13.2 Å². The summed E-state index contributed by atoms with van der Waals surface area (Å²) in [6.45, 7) is 4.49. The van der Waals surface area contributed by atoms with E-state index in [1.165, 1.54) is 12.1 Å². The molecule has 0 N–H and O–H groups in total. The molecular weight excluding hydrogens is 289 g/mol. The van der Waals surface area contributed by atoms with Crippen LogP contribution in [-0.4, -0.2) is 9.55 Å². The molecule has 0 radical (unpaired) electrons. The van der Waals surface area contributed by atoms with E-state index in [4.69, 9.17) is 0 Å². The summed E-state index contributed by atoms with van der Waals surface area (Å²) in [7, 11) is 0. The maximum atomic E-state index is 12.8. The van der Waals surface area contributed by atoms with E-state index in [1.807, 2.05) is 24.5 Å². The minimum absolute atomic E-state index is 0.438. The molecule has 3 aromatic rings. The van der Waals surface area contributed by atoms with Crippen LogP contribution in [0.25, 0.3) is 22.4 Å². The lowest BCUT2D eigenvalue weighted by atomic mass is 10.1. The van der Waals surface area contributed by atoms with Gasteiger partial charge in [0.05, 0.1) is 23.1 Å². The van der Waals surface area contributed by atoms with Gasteiger partial charge >= 0.3 is 6.18 Å². The molecule has 0 atom stereocenters. The van der Waals surface area contributed by atoms with Gasteiger partial charge in [0.15, 0.2) is 0 Å². The summed E-state index contributed by atoms with van der Waals surface area (Å²) in [5, 5.41) is 0. The van der Waals surface area contributed by atoms with Crippen molar-refractivity contribution in [1.29, 1.82) is 0 Å². The SMILES string of the molecule is Cc1cc2nc3n(c2cc1C)Cc1cc(C(F)(F)F)ccc1-3. The van der Waals surface area contributed by atoms with E-state index < -0.39 is 11.7 Å². The molecule has 0 saturated carbocycles. The van der Waals surface area contributed by atoms with Crippen LogP contribution in [0.1, 0.15) is 22.3 Å². The molecule has 4 rings (SSSR count). The molecule has 5 heteroatoms. The summed E-state index contributed by atoms with van der Waals surface area (Å²) in [6, 6.07) is 7.97. The number of imidazole rings is 1. The summed E-state index contributed by atoms with van der Waals surface area (Å²) in [5.41, 5.74) is 5.05. The fourth-order valence-electron chi connectivity index (χ4n) is 3.04. The van der Waals surface area contributed by atoms with Gasteiger partial charge in [-0.25, -0.2) is 4.98 Å². The second-order valence-corrected chi connectivity index (χ2v) is 5.82. The molecule has 0 bridgehead atoms. The van der Waals surface area contributed by atoms with Crippen molar-refractivity contribution >= 4 is 11.0 Å². The zero-order chi connectivity index (χ0) is 15.6. The first-order valence-corrected chi connectivity index (χ1v) is 7.02. The summed E-state index contributed by atoms with van der Waals surface area (Å²) in [6.07, 6.45) is -4.31. The lowest BCUT2D eigenvalue weighted by molar-refractivity contribution is -0.137. The number of nitrogens with zero attached hydrogens (tertiary/aromatic N) is 2. The Kier molecular flexibility index (Phi) is 2.50. The van der Waals surface area contributed by atoms with E-state index in [0.717, 1.165) is 39.6 Å². The van der Waals surface area contributed by atoms with Crippen molar-refractivity contribution in [3.8, 4) is 11.4 Å². The quantitative estimate of drug-likeness (QED) is 0.460. The van der Waals surface area contributed by atoms with Crippen LogP contribution in [0, 0.1) is 13.8 Å². The van der Waals surface area contributed by atoms with Crippen molar-refractivity contribution in [3.05, 3.63) is 52.6 Å². The molecule has 0 saturated heterocycles. The Balaban J connectivity index is 1.91. The molecule has 0 aliphatic carbocycles. The number of hydrogen-bond acceptors (Lipinski definition) is 1. The molecule has 1 aliphatic rings. The third kappa shape index (κ3) is 1.78. The van der Waals surface area contributed by atoms with Gasteiger partial charge in [0.25, 0.3) is 0 Å². The van der Waals surface area contributed by atoms with Crippen LogP contribution in [0.3, 0.4) is 0 Å². The molecule has 2 heterocycles. The third-order valence-electron chi connectivity index (χ3n) is 4.37. The number of fused-ring (bicyclic) bond motifs is 5. The highest BCUT2D eigenvalue weighted by molar-refractivity contribution is 5.84. The Morgan fingerprint density at radius 2 is 1.77 bits per heavy atom. The van der Waals surface area contributed by atoms with Crippen LogP contribution >= 0.6 is 0 Å². The minimum atomic E-state index is -4.31. The van der Waals surface area contributed by atoms with E-state index in [0.29, 0.717) is 12.1 Å². The molecule has 0 unspecified atom stereocenters. The maximum Gasteiger partial charge on any atom is 0.416 e. The highest BCUT2D eigenvalue weighted by atomic mass is 19.4. The number of aryl methyl sites for hydroxylation is 2. The number of aromatic nitrogens is 2. The largest absolute Gasteiger partial charge is 0.416 e. The molecule has 1 aliphatic heterocycles. The van der Waals surface area contributed by atoms with Crippen LogP contribution < -0.4 is 0 Å². The van der Waals surface area contributed by atoms with Gasteiger partial charge in [-0.1, -0.05) is 6.07 Å². The molecule has 112 valence electrons. The van der Waals surface area contributed by atoms with Crippen LogP contribution in [0.2, 0.25) is 0 Å². The van der Waals surface area contributed by atoms with Crippen molar-refractivity contribution in [2.24, 2.45) is 0 Å². The summed E-state index contributed by atoms with van der Waals surface area (Å²) < 4.78 is 40.5. The number of hydrogen-bond donors (Lipinski definition) is 0. The Labute approximate surface area is 125 Å². The Bertz CT molecular complexity index is 920. The zero-order valence-electron chi connectivity index (χ0n) is 12.1. The minimum Gasteiger partial charge on any atom is -0.319 e. The summed E-state index contributed by atoms with van der Waals surface area (Å²) in [5.74, 6) is 0.753. The normalized spacial score (nSPS) is 13.5. The van der Waals surface area contributed by atoms with Gasteiger partial charge in [-0.2, -0.15) is 13.2 Å². The highest BCUT2D eigenvalue weighted by Gasteiger charge is 2.33. The topological polar surface area (TPSA) is 17.8 Å². The van der Waals surface area contributed by atoms with Crippen molar-refractivity contribution in [2.45, 2.75) is 26.6 Å². The second kappa shape index (κ2) is 4.12. The maximum absolute atomic E-state index is 12.8. The van der Waals surface area contributed by atoms with Gasteiger partial charge in [-0.05, 0) is 54.8 Å². The monoisotopic (exact) mass is 302 g/mol. The molecule has 1 aromatic heterocycles. The van der Waals surface area contributed by atoms with Crippen LogP contribution in [0.5, 0.6) is 0 Å². The van der Waals surface area contributed by atoms with Crippen molar-refractivity contribution in [1.82, 2.24) is 9.55 Å². The molecule has 2 nitrogen and oxygen atoms in total. The first kappa shape index (κ1) is 13.4. The number of halogens is 3. The van der Waals surface area contributed by atoms with E-state index in [1.54, 1.807) is 0 Å². The number of benzene rings is 2. The lowest BCUT2D eigenvalue weighted by Gasteiger charge is -2.08. The Morgan fingerprint density at radius 3 is 2.50 bits per heavy atom. The molecular formula is C17H13F3N2. The highest BCUT2D eigenvalue weighted by Crippen LogP contribution is 2.38. The standard InChI is InChI=1S/C17H13F3N2/c1-9-5-14-15(6-10(9)2)22-8-11-7-12(17(18,19)20)3-4-13(11)16(22)21-14/h3-7H,8H2,1-2H3. The van der Waals surface area contributed by atoms with Crippen LogP contribution in [0.15, 0.2) is 30.3 Å². The van der Waals surface area contributed by atoms with Crippen molar-refractivity contribution in [2.75, 3.05) is 0 Å². The van der Waals surface area contributed by atoms with Gasteiger partial charge in [0.1, 0.15) is 5.82 Å². The summed E-state index contributed by atoms with van der Waals surface area (Å²) >= 11 is 0. The smallest absolute Gasteiger partial charge is 0.319 e. The van der Waals surface area contributed by atoms with E-state index >= 15 is 0 Å². The van der Waals surface area contributed by atoms with E-state index in [-0.39, 0.29) is 0 Å². The molecule has 0 amide bonds. The predicted molar refractivity (Wildman–Crippen MR) is 78.7 cm³/mol. The van der Waals surface area contributed by atoms with E-state index in [2.05, 4.69) is 11.1 Å². The number of rotatable bonds is 0. The molecule has 0 fully saturated rings. The van der Waals surface area contributed by atoms with Gasteiger partial charge in [-0.3, -0.25) is 0 Å². The van der Waals surface area contributed by atoms with Crippen LogP contribution in [0.4, 0.5) is 13.2 Å². The first-order valence-electron chi connectivity index (χ1n) is 7.02. The lowest BCUT2D eigenvalue weighted by Crippen LogP contribution is -2.05. The third-order valence-corrected chi connectivity index (χ3v) is 4.37. The van der Waals surface area contributed by atoms with Crippen molar-refractivity contribution < 1.29 is 13.2 Å². The average Bonchev–Trinajstić information content (AvgIpc) is 2.94. The first-order chi connectivity index (χ1) is 10.3. The van der Waals surface area contributed by atoms with Crippen molar-refractivity contribution in [3.63, 3.8) is 0 Å². The fraction of sp³-hybridized carbons (Fsp3) is 0.235. The predicted octanol–water partition coefficient (Wildman–Crippen LogP) is 4.70. The summed E-state index contributed by atoms with van der Waals surface area (Å²) in [4.78, 5) is 4.61. The van der Waals surface area contributed by atoms with Gasteiger partial charge in [0.2, 0.25) is 0 Å². The second-order valence-electron chi connectivity index (χ2n) is 5.82. The van der Waals surface area contributed by atoms with Gasteiger partial charge < -0.3 is 4.57 Å². The molecule has 2 aromatic carbocycles. The van der Waals surface area contributed by atoms with Gasteiger partial charge in [0, 0.05) is 5.56 Å². The fourth-order valence-corrected chi connectivity index (χ4v) is 3.04. The van der Waals surface area contributed by atoms with Gasteiger partial charge in [-0.15, -0.1) is 0 Å². The molecule has 22 heavy (non-hydrogen) atoms. The average molecular weight is 302 g/mol. The number of alkyl halides is 3. The van der Waals surface area contributed by atoms with Crippen LogP contribution in [-0.2, 0) is 12.7 Å². The zero-order valence-corrected chi connectivity index (χ0v) is 12.1.